The van der Waals surface area contributed by atoms with Crippen molar-refractivity contribution in [2.45, 2.75) is 13.0 Å². The highest BCUT2D eigenvalue weighted by molar-refractivity contribution is 6.30. The fourth-order valence-corrected chi connectivity index (χ4v) is 2.34. The van der Waals surface area contributed by atoms with Crippen LogP contribution in [0.2, 0.25) is 5.02 Å². The van der Waals surface area contributed by atoms with E-state index >= 15 is 0 Å². The smallest absolute Gasteiger partial charge is 0.0606 e. The molecule has 90 valence electrons. The van der Waals surface area contributed by atoms with Crippen molar-refractivity contribution in [3.63, 3.8) is 0 Å². The molecule has 0 saturated carbocycles. The molecule has 0 aliphatic carbocycles. The summed E-state index contributed by atoms with van der Waals surface area (Å²) in [7, 11) is 3.85. The number of nitrogens with zero attached hydrogens (tertiary/aromatic N) is 2. The Bertz CT molecular complexity index is 499. The average Bonchev–Trinajstić information content (AvgIpc) is 2.64. The largest absolute Gasteiger partial charge is 0.309 e. The summed E-state index contributed by atoms with van der Waals surface area (Å²) in [4.78, 5) is 0. The molecule has 1 aromatic carbocycles. The number of benzene rings is 1. The molecular weight excluding hydrogens is 234 g/mol. The second-order valence-electron chi connectivity index (χ2n) is 4.23. The van der Waals surface area contributed by atoms with Gasteiger partial charge >= 0.3 is 0 Å². The number of aryl methyl sites for hydroxylation is 2. The zero-order valence-electron chi connectivity index (χ0n) is 10.2. The van der Waals surface area contributed by atoms with Gasteiger partial charge in [-0.25, -0.2) is 0 Å². The summed E-state index contributed by atoms with van der Waals surface area (Å²) < 4.78 is 1.80. The molecule has 2 aromatic rings. The van der Waals surface area contributed by atoms with E-state index in [1.165, 1.54) is 0 Å². The van der Waals surface area contributed by atoms with Gasteiger partial charge in [0.05, 0.1) is 12.2 Å². The van der Waals surface area contributed by atoms with Gasteiger partial charge in [-0.3, -0.25) is 4.68 Å². The van der Waals surface area contributed by atoms with Crippen LogP contribution in [0.15, 0.2) is 30.6 Å². The van der Waals surface area contributed by atoms with E-state index in [1.807, 2.05) is 45.5 Å². The standard InChI is InChI=1S/C13H16ClN3/c1-9-4-10(6-12(14)5-9)13(15-2)11-7-16-17(3)8-11/h4-8,13,15H,1-3H3. The van der Waals surface area contributed by atoms with Gasteiger partial charge in [0.1, 0.15) is 0 Å². The van der Waals surface area contributed by atoms with Crippen LogP contribution in [-0.2, 0) is 7.05 Å². The molecular formula is C13H16ClN3. The van der Waals surface area contributed by atoms with Crippen LogP contribution in [0, 0.1) is 6.92 Å². The summed E-state index contributed by atoms with van der Waals surface area (Å²) in [5.74, 6) is 0. The molecule has 0 spiro atoms. The summed E-state index contributed by atoms with van der Waals surface area (Å²) in [6.45, 7) is 2.05. The van der Waals surface area contributed by atoms with E-state index in [4.69, 9.17) is 11.6 Å². The van der Waals surface area contributed by atoms with E-state index in [9.17, 15) is 0 Å². The zero-order valence-corrected chi connectivity index (χ0v) is 11.0. The van der Waals surface area contributed by atoms with Crippen LogP contribution in [0.25, 0.3) is 0 Å². The molecule has 17 heavy (non-hydrogen) atoms. The Morgan fingerprint density at radius 2 is 2.06 bits per heavy atom. The third kappa shape index (κ3) is 2.68. The van der Waals surface area contributed by atoms with Crippen molar-refractivity contribution >= 4 is 11.6 Å². The normalized spacial score (nSPS) is 12.7. The predicted molar refractivity (Wildman–Crippen MR) is 70.3 cm³/mol. The Morgan fingerprint density at radius 1 is 1.29 bits per heavy atom. The Morgan fingerprint density at radius 3 is 2.59 bits per heavy atom. The fraction of sp³-hybridized carbons (Fsp3) is 0.308. The summed E-state index contributed by atoms with van der Waals surface area (Å²) in [5, 5.41) is 8.26. The predicted octanol–water partition coefficient (Wildman–Crippen LogP) is 2.69. The number of hydrogen-bond donors (Lipinski definition) is 1. The van der Waals surface area contributed by atoms with E-state index in [-0.39, 0.29) is 6.04 Å². The first kappa shape index (κ1) is 12.1. The average molecular weight is 250 g/mol. The third-order valence-electron chi connectivity index (χ3n) is 2.74. The number of rotatable bonds is 3. The van der Waals surface area contributed by atoms with E-state index in [2.05, 4.69) is 16.5 Å². The first-order valence-corrected chi connectivity index (χ1v) is 5.91. The van der Waals surface area contributed by atoms with Crippen molar-refractivity contribution in [1.82, 2.24) is 15.1 Å². The molecule has 4 heteroatoms. The first-order chi connectivity index (χ1) is 8.10. The van der Waals surface area contributed by atoms with Crippen LogP contribution in [0.4, 0.5) is 0 Å². The number of aromatic nitrogens is 2. The number of nitrogens with one attached hydrogen (secondary N) is 1. The minimum absolute atomic E-state index is 0.126. The summed E-state index contributed by atoms with van der Waals surface area (Å²) >= 11 is 6.10. The van der Waals surface area contributed by atoms with E-state index in [0.29, 0.717) is 0 Å². The summed E-state index contributed by atoms with van der Waals surface area (Å²) in [5.41, 5.74) is 3.46. The van der Waals surface area contributed by atoms with Crippen molar-refractivity contribution in [2.75, 3.05) is 7.05 Å². The number of halogens is 1. The molecule has 1 atom stereocenters. The van der Waals surface area contributed by atoms with Crippen molar-refractivity contribution in [2.24, 2.45) is 7.05 Å². The van der Waals surface area contributed by atoms with Crippen molar-refractivity contribution in [3.05, 3.63) is 52.3 Å². The van der Waals surface area contributed by atoms with Crippen molar-refractivity contribution in [1.29, 1.82) is 0 Å². The van der Waals surface area contributed by atoms with Crippen LogP contribution in [0.5, 0.6) is 0 Å². The van der Waals surface area contributed by atoms with Gasteiger partial charge in [0.2, 0.25) is 0 Å². The quantitative estimate of drug-likeness (QED) is 0.907. The van der Waals surface area contributed by atoms with Crippen LogP contribution < -0.4 is 5.32 Å². The second-order valence-corrected chi connectivity index (χ2v) is 4.67. The summed E-state index contributed by atoms with van der Waals surface area (Å²) in [6, 6.07) is 6.21. The third-order valence-corrected chi connectivity index (χ3v) is 2.96. The molecule has 2 rings (SSSR count). The van der Waals surface area contributed by atoms with Gasteiger partial charge in [0, 0.05) is 23.8 Å². The zero-order chi connectivity index (χ0) is 12.4. The maximum Gasteiger partial charge on any atom is 0.0606 e. The molecule has 3 nitrogen and oxygen atoms in total. The van der Waals surface area contributed by atoms with Gasteiger partial charge in [-0.2, -0.15) is 5.10 Å². The SMILES string of the molecule is CNC(c1cc(C)cc(Cl)c1)c1cnn(C)c1. The summed E-state index contributed by atoms with van der Waals surface area (Å²) in [6.07, 6.45) is 3.88. The molecule has 1 unspecified atom stereocenters. The monoisotopic (exact) mass is 249 g/mol. The highest BCUT2D eigenvalue weighted by atomic mass is 35.5. The molecule has 0 fully saturated rings. The van der Waals surface area contributed by atoms with Crippen LogP contribution in [0.3, 0.4) is 0 Å². The van der Waals surface area contributed by atoms with Gasteiger partial charge in [0.15, 0.2) is 0 Å². The topological polar surface area (TPSA) is 29.9 Å². The fourth-order valence-electron chi connectivity index (χ4n) is 2.05. The molecule has 1 heterocycles. The Hall–Kier alpha value is -1.32. The maximum absolute atomic E-state index is 6.10. The van der Waals surface area contributed by atoms with Crippen LogP contribution in [-0.4, -0.2) is 16.8 Å². The molecule has 1 aromatic heterocycles. The highest BCUT2D eigenvalue weighted by Crippen LogP contribution is 2.25. The van der Waals surface area contributed by atoms with Gasteiger partial charge in [-0.05, 0) is 37.2 Å². The van der Waals surface area contributed by atoms with Crippen molar-refractivity contribution in [3.8, 4) is 0 Å². The molecule has 0 bridgehead atoms. The molecule has 0 saturated heterocycles. The molecule has 0 amide bonds. The Labute approximate surface area is 106 Å². The maximum atomic E-state index is 6.10. The lowest BCUT2D eigenvalue weighted by Gasteiger charge is -2.16. The highest BCUT2D eigenvalue weighted by Gasteiger charge is 2.14. The first-order valence-electron chi connectivity index (χ1n) is 5.53. The molecule has 0 aliphatic rings. The minimum atomic E-state index is 0.126. The van der Waals surface area contributed by atoms with E-state index < -0.39 is 0 Å². The lowest BCUT2D eigenvalue weighted by atomic mass is 10.00. The molecule has 0 aliphatic heterocycles. The molecule has 1 N–H and O–H groups in total. The lowest BCUT2D eigenvalue weighted by molar-refractivity contribution is 0.689. The van der Waals surface area contributed by atoms with E-state index in [0.717, 1.165) is 21.7 Å². The van der Waals surface area contributed by atoms with Crippen LogP contribution in [0.1, 0.15) is 22.7 Å². The van der Waals surface area contributed by atoms with Gasteiger partial charge < -0.3 is 5.32 Å². The van der Waals surface area contributed by atoms with Gasteiger partial charge in [-0.1, -0.05) is 17.7 Å². The Kier molecular flexibility index (Phi) is 3.50. The van der Waals surface area contributed by atoms with Crippen LogP contribution >= 0.6 is 11.6 Å². The second kappa shape index (κ2) is 4.90. The van der Waals surface area contributed by atoms with Crippen molar-refractivity contribution < 1.29 is 0 Å². The van der Waals surface area contributed by atoms with Gasteiger partial charge in [-0.15, -0.1) is 0 Å². The molecule has 0 radical (unpaired) electrons. The minimum Gasteiger partial charge on any atom is -0.309 e. The number of hydrogen-bond acceptors (Lipinski definition) is 2. The van der Waals surface area contributed by atoms with E-state index in [1.54, 1.807) is 4.68 Å². The Balaban J connectivity index is 2.41. The van der Waals surface area contributed by atoms with Gasteiger partial charge in [0.25, 0.3) is 0 Å². The lowest BCUT2D eigenvalue weighted by Crippen LogP contribution is -2.17.